The standard InChI is InChI=1S/C20H23N3O7S3/c1-3-23-17-6-4-14(13-19(17)31-20(23)24)32(25,26)21-16-12-15(5-7-18(16)29-2)33(27,28)22-8-10-30-11-9-22/h4-7,12-13,21H,3,8-11H2,1-2H3. The fourth-order valence-corrected chi connectivity index (χ4v) is 7.17. The molecule has 3 aromatic rings. The summed E-state index contributed by atoms with van der Waals surface area (Å²) in [6, 6.07) is 8.44. The summed E-state index contributed by atoms with van der Waals surface area (Å²) in [5.41, 5.74) is 0.647. The van der Waals surface area contributed by atoms with Gasteiger partial charge < -0.3 is 9.47 Å². The minimum atomic E-state index is -4.10. The van der Waals surface area contributed by atoms with Gasteiger partial charge in [0, 0.05) is 19.6 Å². The third-order valence-electron chi connectivity index (χ3n) is 5.29. The number of hydrogen-bond acceptors (Lipinski definition) is 8. The first-order valence-corrected chi connectivity index (χ1v) is 13.8. The van der Waals surface area contributed by atoms with Crippen LogP contribution in [0.1, 0.15) is 6.92 Å². The van der Waals surface area contributed by atoms with E-state index in [1.165, 1.54) is 41.7 Å². The first kappa shape index (κ1) is 23.7. The van der Waals surface area contributed by atoms with Crippen molar-refractivity contribution in [2.24, 2.45) is 0 Å². The Morgan fingerprint density at radius 2 is 1.76 bits per heavy atom. The van der Waals surface area contributed by atoms with Crippen LogP contribution in [-0.2, 0) is 31.3 Å². The summed E-state index contributed by atoms with van der Waals surface area (Å²) in [6.45, 7) is 3.34. The monoisotopic (exact) mass is 513 g/mol. The second-order valence-electron chi connectivity index (χ2n) is 7.23. The van der Waals surface area contributed by atoms with Gasteiger partial charge in [-0.1, -0.05) is 11.3 Å². The van der Waals surface area contributed by atoms with Gasteiger partial charge in [-0.3, -0.25) is 14.1 Å². The number of morpholine rings is 1. The van der Waals surface area contributed by atoms with Crippen molar-refractivity contribution < 1.29 is 26.3 Å². The third-order valence-corrected chi connectivity index (χ3v) is 9.49. The van der Waals surface area contributed by atoms with Crippen molar-refractivity contribution in [2.45, 2.75) is 23.3 Å². The number of ether oxygens (including phenoxy) is 2. The molecule has 2 aromatic carbocycles. The van der Waals surface area contributed by atoms with Crippen molar-refractivity contribution in [3.05, 3.63) is 46.1 Å². The van der Waals surface area contributed by atoms with Crippen LogP contribution < -0.4 is 14.3 Å². The van der Waals surface area contributed by atoms with Crippen LogP contribution in [-0.4, -0.2) is 59.1 Å². The Bertz CT molecular complexity index is 1450. The highest BCUT2D eigenvalue weighted by Gasteiger charge is 2.28. The molecule has 0 radical (unpaired) electrons. The lowest BCUT2D eigenvalue weighted by Gasteiger charge is -2.26. The quantitative estimate of drug-likeness (QED) is 0.512. The Balaban J connectivity index is 1.71. The summed E-state index contributed by atoms with van der Waals surface area (Å²) < 4.78 is 68.5. The molecule has 1 saturated heterocycles. The van der Waals surface area contributed by atoms with E-state index in [0.29, 0.717) is 30.0 Å². The lowest BCUT2D eigenvalue weighted by Crippen LogP contribution is -2.40. The van der Waals surface area contributed by atoms with E-state index in [9.17, 15) is 21.6 Å². The predicted molar refractivity (Wildman–Crippen MR) is 125 cm³/mol. The highest BCUT2D eigenvalue weighted by molar-refractivity contribution is 7.92. The second-order valence-corrected chi connectivity index (χ2v) is 11.8. The van der Waals surface area contributed by atoms with Crippen LogP contribution in [0, 0.1) is 0 Å². The lowest BCUT2D eigenvalue weighted by atomic mass is 10.3. The van der Waals surface area contributed by atoms with Gasteiger partial charge in [0.05, 0.1) is 46.0 Å². The molecule has 2 heterocycles. The molecule has 0 unspecified atom stereocenters. The maximum atomic E-state index is 13.1. The van der Waals surface area contributed by atoms with Gasteiger partial charge in [0.1, 0.15) is 5.75 Å². The van der Waals surface area contributed by atoms with Crippen molar-refractivity contribution in [1.82, 2.24) is 8.87 Å². The topological polar surface area (TPSA) is 124 Å². The molecule has 1 aromatic heterocycles. The van der Waals surface area contributed by atoms with Crippen molar-refractivity contribution in [2.75, 3.05) is 38.1 Å². The van der Waals surface area contributed by atoms with Crippen molar-refractivity contribution in [1.29, 1.82) is 0 Å². The van der Waals surface area contributed by atoms with Crippen LogP contribution in [0.4, 0.5) is 5.69 Å². The van der Waals surface area contributed by atoms with Crippen LogP contribution >= 0.6 is 11.3 Å². The molecule has 33 heavy (non-hydrogen) atoms. The average Bonchev–Trinajstić information content (AvgIpc) is 3.13. The summed E-state index contributed by atoms with van der Waals surface area (Å²) >= 11 is 0.965. The fourth-order valence-electron chi connectivity index (χ4n) is 3.58. The molecule has 1 N–H and O–H groups in total. The van der Waals surface area contributed by atoms with Crippen molar-refractivity contribution in [3.63, 3.8) is 0 Å². The summed E-state index contributed by atoms with van der Waals surface area (Å²) in [5, 5.41) is 0. The summed E-state index contributed by atoms with van der Waals surface area (Å²) in [6.07, 6.45) is 0. The maximum absolute atomic E-state index is 13.1. The lowest BCUT2D eigenvalue weighted by molar-refractivity contribution is 0.0730. The number of benzene rings is 2. The molecule has 1 aliphatic heterocycles. The van der Waals surface area contributed by atoms with Crippen LogP contribution in [0.5, 0.6) is 5.75 Å². The Hall–Kier alpha value is -2.45. The predicted octanol–water partition coefficient (Wildman–Crippen LogP) is 1.91. The number of aryl methyl sites for hydroxylation is 1. The molecular formula is C20H23N3O7S3. The molecule has 4 rings (SSSR count). The van der Waals surface area contributed by atoms with Crippen LogP contribution in [0.15, 0.2) is 51.0 Å². The fraction of sp³-hybridized carbons (Fsp3) is 0.350. The number of hydrogen-bond donors (Lipinski definition) is 1. The minimum absolute atomic E-state index is 0.00810. The van der Waals surface area contributed by atoms with Gasteiger partial charge in [-0.25, -0.2) is 16.8 Å². The molecule has 0 spiro atoms. The number of nitrogens with zero attached hydrogens (tertiary/aromatic N) is 2. The zero-order chi connectivity index (χ0) is 23.8. The normalized spacial score (nSPS) is 15.6. The number of nitrogens with one attached hydrogen (secondary N) is 1. The largest absolute Gasteiger partial charge is 0.495 e. The molecule has 10 nitrogen and oxygen atoms in total. The Morgan fingerprint density at radius 1 is 1.06 bits per heavy atom. The Labute approximate surface area is 195 Å². The number of aromatic nitrogens is 1. The summed E-state index contributed by atoms with van der Waals surface area (Å²) in [4.78, 5) is 11.8. The van der Waals surface area contributed by atoms with Crippen molar-refractivity contribution >= 4 is 47.3 Å². The van der Waals surface area contributed by atoms with E-state index < -0.39 is 20.0 Å². The third kappa shape index (κ3) is 4.51. The molecule has 13 heteroatoms. The smallest absolute Gasteiger partial charge is 0.308 e. The number of methoxy groups -OCH3 is 1. The van der Waals surface area contributed by atoms with E-state index in [1.807, 2.05) is 6.92 Å². The Kier molecular flexibility index (Phi) is 6.51. The first-order chi connectivity index (χ1) is 15.7. The number of rotatable bonds is 7. The molecule has 0 bridgehead atoms. The number of thiazole rings is 1. The first-order valence-electron chi connectivity index (χ1n) is 10.1. The van der Waals surface area contributed by atoms with E-state index >= 15 is 0 Å². The molecule has 1 fully saturated rings. The van der Waals surface area contributed by atoms with Crippen molar-refractivity contribution in [3.8, 4) is 5.75 Å². The minimum Gasteiger partial charge on any atom is -0.495 e. The summed E-state index contributed by atoms with van der Waals surface area (Å²) in [5.74, 6) is 0.169. The molecule has 178 valence electrons. The van der Waals surface area contributed by atoms with Gasteiger partial charge in [0.25, 0.3) is 10.0 Å². The van der Waals surface area contributed by atoms with Crippen LogP contribution in [0.3, 0.4) is 0 Å². The van der Waals surface area contributed by atoms with Gasteiger partial charge in [-0.2, -0.15) is 4.31 Å². The second kappa shape index (κ2) is 9.06. The van der Waals surface area contributed by atoms with E-state index in [2.05, 4.69) is 4.72 Å². The maximum Gasteiger partial charge on any atom is 0.308 e. The summed E-state index contributed by atoms with van der Waals surface area (Å²) in [7, 11) is -6.57. The number of sulfonamides is 2. The molecule has 0 aliphatic carbocycles. The van der Waals surface area contributed by atoms with E-state index in [4.69, 9.17) is 9.47 Å². The number of fused-ring (bicyclic) bond motifs is 1. The number of anilines is 1. The van der Waals surface area contributed by atoms with Gasteiger partial charge >= 0.3 is 4.87 Å². The highest BCUT2D eigenvalue weighted by Crippen LogP contribution is 2.32. The van der Waals surface area contributed by atoms with Crippen LogP contribution in [0.2, 0.25) is 0 Å². The SMILES string of the molecule is CCn1c(=O)sc2cc(S(=O)(=O)Nc3cc(S(=O)(=O)N4CCOCC4)ccc3OC)ccc21. The van der Waals surface area contributed by atoms with Gasteiger partial charge in [0.15, 0.2) is 0 Å². The van der Waals surface area contributed by atoms with E-state index in [1.54, 1.807) is 10.6 Å². The molecular weight excluding hydrogens is 490 g/mol. The van der Waals surface area contributed by atoms with E-state index in [-0.39, 0.29) is 39.2 Å². The van der Waals surface area contributed by atoms with Gasteiger partial charge in [0.2, 0.25) is 10.0 Å². The molecule has 1 aliphatic rings. The molecule has 0 atom stereocenters. The molecule has 0 saturated carbocycles. The van der Waals surface area contributed by atoms with Crippen LogP contribution in [0.25, 0.3) is 10.2 Å². The highest BCUT2D eigenvalue weighted by atomic mass is 32.2. The van der Waals surface area contributed by atoms with E-state index in [0.717, 1.165) is 11.3 Å². The Morgan fingerprint density at radius 3 is 2.42 bits per heavy atom. The molecule has 0 amide bonds. The van der Waals surface area contributed by atoms with Gasteiger partial charge in [-0.05, 0) is 43.3 Å². The van der Waals surface area contributed by atoms with Gasteiger partial charge in [-0.15, -0.1) is 0 Å². The average molecular weight is 514 g/mol. The zero-order valence-electron chi connectivity index (χ0n) is 18.0. The zero-order valence-corrected chi connectivity index (χ0v) is 20.4.